The number of aromatic nitrogens is 1. The molecule has 1 saturated carbocycles. The standard InChI is InChI=1S/C41H56F3NO5/c1-7-8-18-29-19-21-31(33(25-29)41(42,43)44)32-26-30-20-22-34(45-35(30)50-36(32)46)48-23-16-14-12-10-9-11-13-15-17-24-49-37(47)40(6)28-39(40,5)27-38(2,3)4/h19-22,25-26H,7-18,23-24,27-28H2,1-6H3. The van der Waals surface area contributed by atoms with Crippen LogP contribution in [0.1, 0.15) is 136 Å². The number of alkyl halides is 3. The summed E-state index contributed by atoms with van der Waals surface area (Å²) in [6.45, 7) is 13.9. The molecule has 6 nitrogen and oxygen atoms in total. The number of halogens is 3. The Labute approximate surface area is 295 Å². The fourth-order valence-electron chi connectivity index (χ4n) is 7.27. The van der Waals surface area contributed by atoms with Gasteiger partial charge in [0.05, 0.1) is 29.8 Å². The maximum absolute atomic E-state index is 14.0. The van der Waals surface area contributed by atoms with Gasteiger partial charge in [0.1, 0.15) is 0 Å². The van der Waals surface area contributed by atoms with Gasteiger partial charge in [-0.2, -0.15) is 18.2 Å². The molecule has 4 rings (SSSR count). The SMILES string of the molecule is CCCCc1ccc(-c2cc3ccc(OCCCCCCCCCCCOC(=O)C4(C)CC4(C)CC(C)(C)C)nc3oc2=O)c(C(F)(F)F)c1. The maximum atomic E-state index is 14.0. The summed E-state index contributed by atoms with van der Waals surface area (Å²) in [7, 11) is 0. The number of ether oxygens (including phenoxy) is 2. The summed E-state index contributed by atoms with van der Waals surface area (Å²) < 4.78 is 58.7. The number of carbonyl (C=O) groups is 1. The van der Waals surface area contributed by atoms with Crippen LogP contribution in [0.15, 0.2) is 45.6 Å². The molecule has 1 aromatic carbocycles. The molecule has 9 heteroatoms. The van der Waals surface area contributed by atoms with Crippen LogP contribution in [-0.4, -0.2) is 24.2 Å². The minimum atomic E-state index is -4.61. The van der Waals surface area contributed by atoms with Gasteiger partial charge in [-0.1, -0.05) is 98.1 Å². The Morgan fingerprint density at radius 3 is 2.12 bits per heavy atom. The van der Waals surface area contributed by atoms with E-state index in [0.717, 1.165) is 76.7 Å². The first-order valence-electron chi connectivity index (χ1n) is 18.5. The lowest BCUT2D eigenvalue weighted by atomic mass is 9.79. The average molecular weight is 700 g/mol. The number of aryl methyl sites for hydroxylation is 1. The molecule has 0 radical (unpaired) electrons. The number of unbranched alkanes of at least 4 members (excludes halogenated alkanes) is 9. The van der Waals surface area contributed by atoms with E-state index in [1.807, 2.05) is 6.92 Å². The number of hydrogen-bond acceptors (Lipinski definition) is 6. The fraction of sp³-hybridized carbons (Fsp3) is 0.634. The molecular formula is C41H56F3NO5. The average Bonchev–Trinajstić information content (AvgIpc) is 3.59. The molecule has 1 fully saturated rings. The highest BCUT2D eigenvalue weighted by molar-refractivity contribution is 5.82. The van der Waals surface area contributed by atoms with E-state index in [9.17, 15) is 22.8 Å². The number of esters is 1. The molecule has 0 amide bonds. The van der Waals surface area contributed by atoms with Gasteiger partial charge in [0, 0.05) is 17.0 Å². The van der Waals surface area contributed by atoms with E-state index in [4.69, 9.17) is 13.9 Å². The Balaban J connectivity index is 1.12. The lowest BCUT2D eigenvalue weighted by Gasteiger charge is -2.26. The Morgan fingerprint density at radius 2 is 1.50 bits per heavy atom. The van der Waals surface area contributed by atoms with Crippen LogP contribution in [0.2, 0.25) is 0 Å². The highest BCUT2D eigenvalue weighted by Gasteiger charge is 2.67. The van der Waals surface area contributed by atoms with Gasteiger partial charge in [0.15, 0.2) is 0 Å². The molecule has 0 bridgehead atoms. The maximum Gasteiger partial charge on any atom is 0.417 e. The zero-order valence-electron chi connectivity index (χ0n) is 30.9. The molecule has 276 valence electrons. The van der Waals surface area contributed by atoms with Gasteiger partial charge in [-0.15, -0.1) is 0 Å². The third-order valence-electron chi connectivity index (χ3n) is 10.2. The van der Waals surface area contributed by atoms with Crippen molar-refractivity contribution < 1.29 is 31.9 Å². The topological polar surface area (TPSA) is 78.6 Å². The fourth-order valence-corrected chi connectivity index (χ4v) is 7.27. The summed E-state index contributed by atoms with van der Waals surface area (Å²) in [6.07, 6.45) is 9.12. The third-order valence-corrected chi connectivity index (χ3v) is 10.2. The van der Waals surface area contributed by atoms with Crippen molar-refractivity contribution in [3.05, 3.63) is 57.9 Å². The predicted molar refractivity (Wildman–Crippen MR) is 192 cm³/mol. The molecule has 1 aliphatic rings. The summed E-state index contributed by atoms with van der Waals surface area (Å²) in [6, 6.07) is 8.82. The molecule has 2 atom stereocenters. The van der Waals surface area contributed by atoms with Crippen LogP contribution in [-0.2, 0) is 22.1 Å². The van der Waals surface area contributed by atoms with E-state index in [-0.39, 0.29) is 39.1 Å². The zero-order chi connectivity index (χ0) is 36.6. The highest BCUT2D eigenvalue weighted by Crippen LogP contribution is 2.68. The van der Waals surface area contributed by atoms with E-state index in [2.05, 4.69) is 39.6 Å². The quantitative estimate of drug-likeness (QED) is 0.0915. The van der Waals surface area contributed by atoms with E-state index in [1.54, 1.807) is 18.2 Å². The van der Waals surface area contributed by atoms with Crippen molar-refractivity contribution in [1.82, 2.24) is 4.98 Å². The van der Waals surface area contributed by atoms with Crippen LogP contribution < -0.4 is 10.4 Å². The van der Waals surface area contributed by atoms with E-state index in [1.165, 1.54) is 25.0 Å². The van der Waals surface area contributed by atoms with Gasteiger partial charge in [0.25, 0.3) is 0 Å². The molecule has 0 spiro atoms. The minimum absolute atomic E-state index is 0.0267. The van der Waals surface area contributed by atoms with Gasteiger partial charge in [-0.05, 0) is 80.0 Å². The lowest BCUT2D eigenvalue weighted by Crippen LogP contribution is -2.25. The van der Waals surface area contributed by atoms with Crippen molar-refractivity contribution in [3.8, 4) is 17.0 Å². The first-order chi connectivity index (χ1) is 23.6. The van der Waals surface area contributed by atoms with Crippen LogP contribution >= 0.6 is 0 Å². The Hall–Kier alpha value is -3.36. The smallest absolute Gasteiger partial charge is 0.417 e. The molecule has 3 aromatic rings. The molecule has 0 aliphatic heterocycles. The zero-order valence-corrected chi connectivity index (χ0v) is 30.9. The predicted octanol–water partition coefficient (Wildman–Crippen LogP) is 11.5. The lowest BCUT2D eigenvalue weighted by molar-refractivity contribution is -0.151. The molecular weight excluding hydrogens is 643 g/mol. The molecule has 0 N–H and O–H groups in total. The molecule has 2 heterocycles. The third kappa shape index (κ3) is 10.6. The largest absolute Gasteiger partial charge is 0.478 e. The van der Waals surface area contributed by atoms with Crippen molar-refractivity contribution in [2.45, 2.75) is 138 Å². The number of benzene rings is 1. The molecule has 50 heavy (non-hydrogen) atoms. The van der Waals surface area contributed by atoms with Crippen molar-refractivity contribution in [2.75, 3.05) is 13.2 Å². The molecule has 1 aliphatic carbocycles. The second kappa shape index (κ2) is 16.8. The van der Waals surface area contributed by atoms with Gasteiger partial charge in [-0.3, -0.25) is 4.79 Å². The van der Waals surface area contributed by atoms with Gasteiger partial charge >= 0.3 is 17.8 Å². The van der Waals surface area contributed by atoms with E-state index < -0.39 is 17.4 Å². The summed E-state index contributed by atoms with van der Waals surface area (Å²) >= 11 is 0. The van der Waals surface area contributed by atoms with Crippen molar-refractivity contribution >= 4 is 17.1 Å². The van der Waals surface area contributed by atoms with Crippen molar-refractivity contribution in [3.63, 3.8) is 0 Å². The first kappa shape index (κ1) is 39.4. The molecule has 0 saturated heterocycles. The van der Waals surface area contributed by atoms with Crippen molar-refractivity contribution in [2.24, 2.45) is 16.2 Å². The summed E-state index contributed by atoms with van der Waals surface area (Å²) in [5.74, 6) is 0.274. The van der Waals surface area contributed by atoms with Crippen LogP contribution in [0, 0.1) is 16.2 Å². The summed E-state index contributed by atoms with van der Waals surface area (Å²) in [4.78, 5) is 29.8. The normalized spacial score (nSPS) is 19.1. The molecule has 2 aromatic heterocycles. The van der Waals surface area contributed by atoms with Gasteiger partial charge in [0.2, 0.25) is 11.6 Å². The van der Waals surface area contributed by atoms with Crippen molar-refractivity contribution in [1.29, 1.82) is 0 Å². The van der Waals surface area contributed by atoms with Crippen LogP contribution in [0.3, 0.4) is 0 Å². The van der Waals surface area contributed by atoms with Gasteiger partial charge < -0.3 is 13.9 Å². The Kier molecular flexibility index (Phi) is 13.2. The summed E-state index contributed by atoms with van der Waals surface area (Å²) in [5.41, 5.74) is -1.54. The number of hydrogen-bond donors (Lipinski definition) is 0. The minimum Gasteiger partial charge on any atom is -0.478 e. The number of fused-ring (bicyclic) bond motifs is 1. The van der Waals surface area contributed by atoms with Crippen LogP contribution in [0.4, 0.5) is 13.2 Å². The van der Waals surface area contributed by atoms with E-state index in [0.29, 0.717) is 36.5 Å². The van der Waals surface area contributed by atoms with E-state index >= 15 is 0 Å². The second-order valence-corrected chi connectivity index (χ2v) is 15.9. The summed E-state index contributed by atoms with van der Waals surface area (Å²) in [5, 5.41) is 0.419. The Morgan fingerprint density at radius 1 is 0.860 bits per heavy atom. The number of pyridine rings is 1. The van der Waals surface area contributed by atoms with Crippen LogP contribution in [0.5, 0.6) is 5.88 Å². The number of carbonyl (C=O) groups excluding carboxylic acids is 1. The Bertz CT molecular complexity index is 1640. The highest BCUT2D eigenvalue weighted by atomic mass is 19.4. The number of rotatable bonds is 19. The van der Waals surface area contributed by atoms with Gasteiger partial charge in [-0.25, -0.2) is 4.79 Å². The van der Waals surface area contributed by atoms with Crippen LogP contribution in [0.25, 0.3) is 22.2 Å². The molecule has 2 unspecified atom stereocenters. The first-order valence-corrected chi connectivity index (χ1v) is 18.5. The number of nitrogens with zero attached hydrogens (tertiary/aromatic N) is 1. The second-order valence-electron chi connectivity index (χ2n) is 15.9. The monoisotopic (exact) mass is 699 g/mol.